The van der Waals surface area contributed by atoms with Gasteiger partial charge in [-0.2, -0.15) is 13.2 Å². The Morgan fingerprint density at radius 3 is 2.33 bits per heavy atom. The highest BCUT2D eigenvalue weighted by molar-refractivity contribution is 6.29. The van der Waals surface area contributed by atoms with Crippen LogP contribution in [0.4, 0.5) is 17.6 Å². The Bertz CT molecular complexity index is 581. The van der Waals surface area contributed by atoms with E-state index in [2.05, 4.69) is 4.98 Å². The Morgan fingerprint density at radius 2 is 1.72 bits per heavy atom. The number of pyridine rings is 1. The highest BCUT2D eigenvalue weighted by Gasteiger charge is 2.31. The molecule has 0 amide bonds. The van der Waals surface area contributed by atoms with Crippen molar-refractivity contribution in [2.75, 3.05) is 0 Å². The molecule has 0 unspecified atom stereocenters. The van der Waals surface area contributed by atoms with Gasteiger partial charge in [-0.1, -0.05) is 23.7 Å². The Kier molecular flexibility index (Phi) is 3.26. The normalized spacial score (nSPS) is 11.6. The summed E-state index contributed by atoms with van der Waals surface area (Å²) in [5.41, 5.74) is -1.13. The van der Waals surface area contributed by atoms with Crippen LogP contribution in [0.2, 0.25) is 5.15 Å². The lowest BCUT2D eigenvalue weighted by molar-refractivity contribution is -0.137. The van der Waals surface area contributed by atoms with E-state index in [0.29, 0.717) is 6.07 Å². The van der Waals surface area contributed by atoms with Crippen LogP contribution in [0.15, 0.2) is 36.4 Å². The van der Waals surface area contributed by atoms with Crippen molar-refractivity contribution in [1.82, 2.24) is 4.98 Å². The van der Waals surface area contributed by atoms with Crippen molar-refractivity contribution < 1.29 is 17.6 Å². The Labute approximate surface area is 105 Å². The van der Waals surface area contributed by atoms with Crippen LogP contribution in [0.1, 0.15) is 5.56 Å². The molecule has 0 atom stereocenters. The van der Waals surface area contributed by atoms with Crippen molar-refractivity contribution in [2.45, 2.75) is 6.18 Å². The maximum Gasteiger partial charge on any atom is 0.416 e. The zero-order chi connectivity index (χ0) is 13.3. The molecule has 0 saturated carbocycles. The first-order valence-corrected chi connectivity index (χ1v) is 5.25. The topological polar surface area (TPSA) is 12.9 Å². The number of hydrogen-bond acceptors (Lipinski definition) is 1. The largest absolute Gasteiger partial charge is 0.416 e. The number of nitrogens with zero attached hydrogens (tertiary/aromatic N) is 1. The van der Waals surface area contributed by atoms with E-state index >= 15 is 0 Å². The van der Waals surface area contributed by atoms with Crippen molar-refractivity contribution in [3.63, 3.8) is 0 Å². The van der Waals surface area contributed by atoms with Crippen LogP contribution in [0.25, 0.3) is 11.3 Å². The summed E-state index contributed by atoms with van der Waals surface area (Å²) in [5, 5.41) is -0.330. The highest BCUT2D eigenvalue weighted by atomic mass is 35.5. The molecule has 0 N–H and O–H groups in total. The SMILES string of the molecule is Fc1ccccc1-c1cc(C(F)(F)F)cc(Cl)n1. The fourth-order valence-electron chi connectivity index (χ4n) is 1.47. The van der Waals surface area contributed by atoms with E-state index in [1.54, 1.807) is 0 Å². The van der Waals surface area contributed by atoms with Crippen LogP contribution in [0.5, 0.6) is 0 Å². The standard InChI is InChI=1S/C12H6ClF4N/c13-11-6-7(12(15,16)17)5-10(18-11)8-3-1-2-4-9(8)14/h1-6H. The number of alkyl halides is 3. The second kappa shape index (κ2) is 4.57. The Balaban J connectivity index is 2.60. The van der Waals surface area contributed by atoms with E-state index in [4.69, 9.17) is 11.6 Å². The van der Waals surface area contributed by atoms with Gasteiger partial charge in [-0.05, 0) is 24.3 Å². The van der Waals surface area contributed by atoms with Crippen LogP contribution >= 0.6 is 11.6 Å². The van der Waals surface area contributed by atoms with Crippen molar-refractivity contribution in [3.8, 4) is 11.3 Å². The molecule has 1 aromatic heterocycles. The van der Waals surface area contributed by atoms with Gasteiger partial charge in [0.2, 0.25) is 0 Å². The molecule has 0 aliphatic heterocycles. The number of benzene rings is 1. The van der Waals surface area contributed by atoms with Gasteiger partial charge in [-0.3, -0.25) is 0 Å². The summed E-state index contributed by atoms with van der Waals surface area (Å²) in [4.78, 5) is 3.70. The molecule has 0 spiro atoms. The summed E-state index contributed by atoms with van der Waals surface area (Å²) in [5.74, 6) is -0.652. The molecule has 0 radical (unpaired) electrons. The molecule has 0 bridgehead atoms. The summed E-state index contributed by atoms with van der Waals surface area (Å²) in [6.45, 7) is 0. The maximum atomic E-state index is 13.5. The molecule has 1 nitrogen and oxygen atoms in total. The van der Waals surface area contributed by atoms with Crippen molar-refractivity contribution in [1.29, 1.82) is 0 Å². The third kappa shape index (κ3) is 2.61. The molecule has 2 aromatic rings. The van der Waals surface area contributed by atoms with Crippen molar-refractivity contribution >= 4 is 11.6 Å². The van der Waals surface area contributed by atoms with E-state index in [-0.39, 0.29) is 16.4 Å². The first kappa shape index (κ1) is 12.8. The summed E-state index contributed by atoms with van der Waals surface area (Å²) in [7, 11) is 0. The summed E-state index contributed by atoms with van der Waals surface area (Å²) in [6, 6.07) is 6.90. The van der Waals surface area contributed by atoms with Crippen molar-refractivity contribution in [2.24, 2.45) is 0 Å². The second-order valence-electron chi connectivity index (χ2n) is 3.54. The predicted molar refractivity (Wildman–Crippen MR) is 59.6 cm³/mol. The smallest absolute Gasteiger partial charge is 0.236 e. The average Bonchev–Trinajstić information content (AvgIpc) is 2.27. The van der Waals surface area contributed by atoms with E-state index in [9.17, 15) is 17.6 Å². The molecular formula is C12H6ClF4N. The summed E-state index contributed by atoms with van der Waals surface area (Å²) >= 11 is 5.52. The first-order chi connectivity index (χ1) is 8.38. The van der Waals surface area contributed by atoms with Crippen molar-refractivity contribution in [3.05, 3.63) is 52.9 Å². The van der Waals surface area contributed by atoms with Gasteiger partial charge in [-0.25, -0.2) is 9.37 Å². The molecule has 0 aliphatic carbocycles. The summed E-state index contributed by atoms with van der Waals surface area (Å²) < 4.78 is 51.2. The molecule has 6 heteroatoms. The lowest BCUT2D eigenvalue weighted by atomic mass is 10.1. The molecule has 18 heavy (non-hydrogen) atoms. The quantitative estimate of drug-likeness (QED) is 0.549. The van der Waals surface area contributed by atoms with Gasteiger partial charge in [0.1, 0.15) is 11.0 Å². The maximum absolute atomic E-state index is 13.5. The molecule has 2 rings (SSSR count). The number of halogens is 5. The summed E-state index contributed by atoms with van der Waals surface area (Å²) in [6.07, 6.45) is -4.55. The molecule has 94 valence electrons. The molecule has 1 heterocycles. The van der Waals surface area contributed by atoms with E-state index in [1.165, 1.54) is 18.2 Å². The van der Waals surface area contributed by atoms with E-state index < -0.39 is 17.6 Å². The first-order valence-electron chi connectivity index (χ1n) is 4.87. The fraction of sp³-hybridized carbons (Fsp3) is 0.0833. The van der Waals surface area contributed by atoms with Gasteiger partial charge in [0.15, 0.2) is 0 Å². The minimum atomic E-state index is -4.55. The van der Waals surface area contributed by atoms with Gasteiger partial charge >= 0.3 is 6.18 Å². The minimum absolute atomic E-state index is 0.0227. The number of hydrogen-bond donors (Lipinski definition) is 0. The van der Waals surface area contributed by atoms with Crippen LogP contribution < -0.4 is 0 Å². The van der Waals surface area contributed by atoms with E-state index in [1.807, 2.05) is 0 Å². The van der Waals surface area contributed by atoms with Crippen LogP contribution in [-0.4, -0.2) is 4.98 Å². The predicted octanol–water partition coefficient (Wildman–Crippen LogP) is 4.56. The number of rotatable bonds is 1. The van der Waals surface area contributed by atoms with Crippen LogP contribution in [-0.2, 0) is 6.18 Å². The Hall–Kier alpha value is -1.62. The van der Waals surface area contributed by atoms with Crippen LogP contribution in [0.3, 0.4) is 0 Å². The van der Waals surface area contributed by atoms with Gasteiger partial charge in [0, 0.05) is 5.56 Å². The highest BCUT2D eigenvalue weighted by Crippen LogP contribution is 2.33. The fourth-order valence-corrected chi connectivity index (χ4v) is 1.68. The molecule has 0 aliphatic rings. The molecular weight excluding hydrogens is 270 g/mol. The lowest BCUT2D eigenvalue weighted by Crippen LogP contribution is -2.06. The average molecular weight is 276 g/mol. The van der Waals surface area contributed by atoms with Crippen LogP contribution in [0, 0.1) is 5.82 Å². The van der Waals surface area contributed by atoms with Gasteiger partial charge in [0.05, 0.1) is 11.3 Å². The zero-order valence-electron chi connectivity index (χ0n) is 8.80. The van der Waals surface area contributed by atoms with Gasteiger partial charge in [-0.15, -0.1) is 0 Å². The minimum Gasteiger partial charge on any atom is -0.236 e. The Morgan fingerprint density at radius 1 is 1.06 bits per heavy atom. The van der Waals surface area contributed by atoms with E-state index in [0.717, 1.165) is 12.1 Å². The zero-order valence-corrected chi connectivity index (χ0v) is 9.56. The second-order valence-corrected chi connectivity index (χ2v) is 3.93. The van der Waals surface area contributed by atoms with Gasteiger partial charge < -0.3 is 0 Å². The molecule has 1 aromatic carbocycles. The monoisotopic (exact) mass is 275 g/mol. The molecule has 0 saturated heterocycles. The third-order valence-electron chi connectivity index (χ3n) is 2.27. The number of aromatic nitrogens is 1. The third-order valence-corrected chi connectivity index (χ3v) is 2.46. The van der Waals surface area contributed by atoms with Gasteiger partial charge in [0.25, 0.3) is 0 Å². The molecule has 0 fully saturated rings. The lowest BCUT2D eigenvalue weighted by Gasteiger charge is -2.09.